The highest BCUT2D eigenvalue weighted by atomic mass is 16.3. The molecule has 4 atom stereocenters. The second-order valence-electron chi connectivity index (χ2n) is 4.81. The van der Waals surface area contributed by atoms with E-state index in [2.05, 4.69) is 17.6 Å². The van der Waals surface area contributed by atoms with Gasteiger partial charge >= 0.3 is 0 Å². The zero-order chi connectivity index (χ0) is 13.5. The van der Waals surface area contributed by atoms with Crippen molar-refractivity contribution in [3.05, 3.63) is 0 Å². The van der Waals surface area contributed by atoms with Crippen LogP contribution in [0.3, 0.4) is 0 Å². The van der Waals surface area contributed by atoms with Crippen molar-refractivity contribution < 1.29 is 20.1 Å². The highest BCUT2D eigenvalue weighted by Crippen LogP contribution is 2.11. The third-order valence-electron chi connectivity index (χ3n) is 3.32. The molecule has 0 aromatic heterocycles. The van der Waals surface area contributed by atoms with E-state index in [1.54, 1.807) is 0 Å². The molecule has 0 aliphatic carbocycles. The number of carbonyl (C=O) groups is 1. The van der Waals surface area contributed by atoms with E-state index in [1.165, 1.54) is 0 Å². The summed E-state index contributed by atoms with van der Waals surface area (Å²) in [6.45, 7) is 2.18. The van der Waals surface area contributed by atoms with Gasteiger partial charge in [0, 0.05) is 13.0 Å². The van der Waals surface area contributed by atoms with Gasteiger partial charge in [0.05, 0.1) is 24.8 Å². The summed E-state index contributed by atoms with van der Waals surface area (Å²) in [5, 5.41) is 34.1. The van der Waals surface area contributed by atoms with Gasteiger partial charge in [0.1, 0.15) is 6.10 Å². The molecule has 0 unspecified atom stereocenters. The predicted molar refractivity (Wildman–Crippen MR) is 67.0 cm³/mol. The van der Waals surface area contributed by atoms with E-state index in [-0.39, 0.29) is 12.5 Å². The maximum atomic E-state index is 11.6. The highest BCUT2D eigenvalue weighted by molar-refractivity contribution is 5.76. The fraction of sp³-hybridized carbons (Fsp3) is 0.917. The summed E-state index contributed by atoms with van der Waals surface area (Å²) >= 11 is 0. The molecule has 1 aliphatic rings. The van der Waals surface area contributed by atoms with E-state index in [4.69, 9.17) is 5.11 Å². The smallest absolute Gasteiger partial charge is 0.220 e. The molecule has 1 aliphatic heterocycles. The number of hydrogen-bond donors (Lipinski definition) is 5. The Balaban J connectivity index is 2.36. The fourth-order valence-electron chi connectivity index (χ4n) is 2.12. The Hall–Kier alpha value is -0.690. The van der Waals surface area contributed by atoms with E-state index in [9.17, 15) is 15.0 Å². The van der Waals surface area contributed by atoms with E-state index in [0.29, 0.717) is 13.0 Å². The van der Waals surface area contributed by atoms with Crippen molar-refractivity contribution in [1.82, 2.24) is 10.6 Å². The van der Waals surface area contributed by atoms with Crippen molar-refractivity contribution in [2.75, 3.05) is 13.2 Å². The highest BCUT2D eigenvalue weighted by Gasteiger charge is 2.37. The van der Waals surface area contributed by atoms with Crippen LogP contribution < -0.4 is 10.6 Å². The van der Waals surface area contributed by atoms with E-state index in [1.807, 2.05) is 0 Å². The van der Waals surface area contributed by atoms with Gasteiger partial charge in [-0.25, -0.2) is 0 Å². The summed E-state index contributed by atoms with van der Waals surface area (Å²) in [4.78, 5) is 11.6. The average molecular weight is 260 g/mol. The molecule has 0 saturated carbocycles. The maximum absolute atomic E-state index is 11.6. The molecule has 6 heteroatoms. The van der Waals surface area contributed by atoms with Crippen LogP contribution in [0, 0.1) is 0 Å². The van der Waals surface area contributed by atoms with Gasteiger partial charge in [-0.1, -0.05) is 19.8 Å². The largest absolute Gasteiger partial charge is 0.395 e. The zero-order valence-corrected chi connectivity index (χ0v) is 10.8. The molecule has 6 nitrogen and oxygen atoms in total. The Morgan fingerprint density at radius 3 is 2.67 bits per heavy atom. The summed E-state index contributed by atoms with van der Waals surface area (Å²) in [5.41, 5.74) is 0. The van der Waals surface area contributed by atoms with Gasteiger partial charge < -0.3 is 26.0 Å². The lowest BCUT2D eigenvalue weighted by atomic mass is 9.94. The first kappa shape index (κ1) is 15.4. The van der Waals surface area contributed by atoms with Crippen LogP contribution in [0.1, 0.15) is 32.6 Å². The number of amides is 1. The number of aliphatic hydroxyl groups is 3. The lowest BCUT2D eigenvalue weighted by Gasteiger charge is -2.38. The van der Waals surface area contributed by atoms with E-state index in [0.717, 1.165) is 19.3 Å². The minimum atomic E-state index is -1.07. The van der Waals surface area contributed by atoms with E-state index < -0.39 is 24.3 Å². The van der Waals surface area contributed by atoms with Gasteiger partial charge in [-0.05, 0) is 6.42 Å². The average Bonchev–Trinajstić information content (AvgIpc) is 2.36. The molecule has 0 bridgehead atoms. The third kappa shape index (κ3) is 4.20. The normalized spacial score (nSPS) is 32.2. The molecular formula is C12H24N2O4. The molecular weight excluding hydrogens is 236 g/mol. The zero-order valence-electron chi connectivity index (χ0n) is 10.8. The van der Waals surface area contributed by atoms with Crippen LogP contribution in [0.25, 0.3) is 0 Å². The van der Waals surface area contributed by atoms with Gasteiger partial charge in [-0.2, -0.15) is 0 Å². The number of nitrogens with one attached hydrogen (secondary N) is 2. The van der Waals surface area contributed by atoms with Crippen molar-refractivity contribution in [3.63, 3.8) is 0 Å². The van der Waals surface area contributed by atoms with Crippen molar-refractivity contribution in [2.45, 2.75) is 56.9 Å². The topological polar surface area (TPSA) is 102 Å². The summed E-state index contributed by atoms with van der Waals surface area (Å²) in [5.74, 6) is -0.107. The molecule has 0 spiro atoms. The van der Waals surface area contributed by atoms with Crippen molar-refractivity contribution in [3.8, 4) is 0 Å². The minimum absolute atomic E-state index is 0.107. The van der Waals surface area contributed by atoms with Crippen LogP contribution in [0.5, 0.6) is 0 Å². The van der Waals surface area contributed by atoms with Crippen LogP contribution in [0.4, 0.5) is 0 Å². The molecule has 1 rings (SSSR count). The molecule has 5 N–H and O–H groups in total. The van der Waals surface area contributed by atoms with Crippen molar-refractivity contribution >= 4 is 5.91 Å². The second-order valence-corrected chi connectivity index (χ2v) is 4.81. The minimum Gasteiger partial charge on any atom is -0.395 e. The van der Waals surface area contributed by atoms with Gasteiger partial charge in [0.15, 0.2) is 0 Å². The summed E-state index contributed by atoms with van der Waals surface area (Å²) in [7, 11) is 0. The number of rotatable bonds is 6. The number of hydrogen-bond acceptors (Lipinski definition) is 5. The lowest BCUT2D eigenvalue weighted by Crippen LogP contribution is -2.65. The van der Waals surface area contributed by atoms with Crippen LogP contribution in [-0.4, -0.2) is 58.7 Å². The molecule has 1 saturated heterocycles. The Kier molecular flexibility index (Phi) is 6.56. The molecule has 1 heterocycles. The van der Waals surface area contributed by atoms with Gasteiger partial charge in [-0.3, -0.25) is 4.79 Å². The van der Waals surface area contributed by atoms with Crippen LogP contribution in [0.2, 0.25) is 0 Å². The predicted octanol–water partition coefficient (Wildman–Crippen LogP) is -1.26. The first-order valence-electron chi connectivity index (χ1n) is 6.59. The summed E-state index contributed by atoms with van der Waals surface area (Å²) in [6.07, 6.45) is 1.23. The number of aliphatic hydroxyl groups excluding tert-OH is 3. The molecule has 1 fully saturated rings. The quantitative estimate of drug-likeness (QED) is 0.384. The van der Waals surface area contributed by atoms with Crippen molar-refractivity contribution in [2.24, 2.45) is 0 Å². The first-order valence-corrected chi connectivity index (χ1v) is 6.59. The monoisotopic (exact) mass is 260 g/mol. The van der Waals surface area contributed by atoms with Gasteiger partial charge in [-0.15, -0.1) is 0 Å². The van der Waals surface area contributed by atoms with Crippen molar-refractivity contribution in [1.29, 1.82) is 0 Å². The maximum Gasteiger partial charge on any atom is 0.220 e. The van der Waals surface area contributed by atoms with Crippen LogP contribution in [-0.2, 0) is 4.79 Å². The molecule has 0 aromatic rings. The van der Waals surface area contributed by atoms with E-state index >= 15 is 0 Å². The van der Waals surface area contributed by atoms with Gasteiger partial charge in [0.2, 0.25) is 5.91 Å². The molecule has 0 aromatic carbocycles. The van der Waals surface area contributed by atoms with Gasteiger partial charge in [0.25, 0.3) is 0 Å². The molecule has 18 heavy (non-hydrogen) atoms. The molecule has 1 amide bonds. The summed E-state index contributed by atoms with van der Waals surface area (Å²) in [6, 6.07) is -1.04. The Morgan fingerprint density at radius 2 is 2.06 bits per heavy atom. The standard InChI is InChI=1S/C12H24N2O4/c1-2-3-4-5-10(16)14-8-6-13-9(7-15)12(18)11(8)17/h8-9,11-13,15,17-18H,2-7H2,1H3,(H,14,16)/t8-,9+,11+,12+/m0/s1. The second kappa shape index (κ2) is 7.68. The Morgan fingerprint density at radius 1 is 1.33 bits per heavy atom. The summed E-state index contributed by atoms with van der Waals surface area (Å²) < 4.78 is 0. The molecule has 106 valence electrons. The van der Waals surface area contributed by atoms with Crippen LogP contribution in [0.15, 0.2) is 0 Å². The number of piperidine rings is 1. The number of carbonyl (C=O) groups excluding carboxylic acids is 1. The fourth-order valence-corrected chi connectivity index (χ4v) is 2.12. The van der Waals surface area contributed by atoms with Crippen LogP contribution >= 0.6 is 0 Å². The third-order valence-corrected chi connectivity index (χ3v) is 3.32. The Bertz CT molecular complexity index is 262. The lowest BCUT2D eigenvalue weighted by molar-refractivity contribution is -0.125. The SMILES string of the molecule is CCCCCC(=O)N[C@H]1CN[C@H](CO)[C@@H](O)[C@@H]1O. The number of unbranched alkanes of at least 4 members (excludes halogenated alkanes) is 2. The first-order chi connectivity index (χ1) is 8.60. The Labute approximate surface area is 107 Å². The molecule has 0 radical (unpaired) electrons.